The lowest BCUT2D eigenvalue weighted by Crippen LogP contribution is -1.97. The molecule has 1 unspecified atom stereocenters. The molecule has 0 spiro atoms. The standard InChI is InChI=1S/C10H11Cl2N/c1-7(6-13-2)8-3-9(11)5-10(12)4-8/h3-5,7H,2,6H2,1H3. The summed E-state index contributed by atoms with van der Waals surface area (Å²) in [5, 5.41) is 1.33. The molecule has 0 heterocycles. The van der Waals surface area contributed by atoms with E-state index in [0.717, 1.165) is 5.56 Å². The maximum absolute atomic E-state index is 5.86. The van der Waals surface area contributed by atoms with E-state index in [1.54, 1.807) is 6.07 Å². The van der Waals surface area contributed by atoms with Crippen molar-refractivity contribution in [2.45, 2.75) is 12.8 Å². The van der Waals surface area contributed by atoms with E-state index in [1.807, 2.05) is 12.1 Å². The Balaban J connectivity index is 2.93. The third-order valence-corrected chi connectivity index (χ3v) is 2.29. The lowest BCUT2D eigenvalue weighted by molar-refractivity contribution is 0.779. The zero-order valence-corrected chi connectivity index (χ0v) is 8.94. The van der Waals surface area contributed by atoms with Gasteiger partial charge in [-0.2, -0.15) is 0 Å². The van der Waals surface area contributed by atoms with Gasteiger partial charge in [0.25, 0.3) is 0 Å². The first-order valence-electron chi connectivity index (χ1n) is 4.02. The maximum Gasteiger partial charge on any atom is 0.0448 e. The Hall–Kier alpha value is -0.530. The molecule has 0 aliphatic carbocycles. The Kier molecular flexibility index (Phi) is 3.76. The predicted molar refractivity (Wildman–Crippen MR) is 59.3 cm³/mol. The second-order valence-corrected chi connectivity index (χ2v) is 3.88. The van der Waals surface area contributed by atoms with E-state index in [0.29, 0.717) is 22.5 Å². The minimum atomic E-state index is 0.314. The van der Waals surface area contributed by atoms with Crippen LogP contribution in [-0.2, 0) is 0 Å². The molecule has 0 N–H and O–H groups in total. The van der Waals surface area contributed by atoms with Crippen molar-refractivity contribution < 1.29 is 0 Å². The van der Waals surface area contributed by atoms with Crippen LogP contribution in [0.5, 0.6) is 0 Å². The van der Waals surface area contributed by atoms with E-state index < -0.39 is 0 Å². The van der Waals surface area contributed by atoms with Crippen LogP contribution in [0.1, 0.15) is 18.4 Å². The van der Waals surface area contributed by atoms with Crippen LogP contribution in [0, 0.1) is 0 Å². The molecule has 0 aromatic heterocycles. The number of rotatable bonds is 3. The van der Waals surface area contributed by atoms with Crippen LogP contribution in [0.25, 0.3) is 0 Å². The fraction of sp³-hybridized carbons (Fsp3) is 0.300. The highest BCUT2D eigenvalue weighted by Gasteiger charge is 2.05. The van der Waals surface area contributed by atoms with E-state index in [-0.39, 0.29) is 0 Å². The maximum atomic E-state index is 5.86. The minimum absolute atomic E-state index is 0.314. The SMILES string of the molecule is C=NCC(C)c1cc(Cl)cc(Cl)c1. The van der Waals surface area contributed by atoms with Gasteiger partial charge in [-0.25, -0.2) is 0 Å². The molecule has 0 aliphatic rings. The topological polar surface area (TPSA) is 12.4 Å². The third-order valence-electron chi connectivity index (χ3n) is 1.86. The average Bonchev–Trinajstić information content (AvgIpc) is 2.03. The van der Waals surface area contributed by atoms with Gasteiger partial charge in [0.2, 0.25) is 0 Å². The van der Waals surface area contributed by atoms with Gasteiger partial charge >= 0.3 is 0 Å². The monoisotopic (exact) mass is 215 g/mol. The van der Waals surface area contributed by atoms with Gasteiger partial charge in [0.15, 0.2) is 0 Å². The van der Waals surface area contributed by atoms with Crippen molar-refractivity contribution in [3.05, 3.63) is 33.8 Å². The Morgan fingerprint density at radius 2 is 1.85 bits per heavy atom. The third kappa shape index (κ3) is 3.02. The summed E-state index contributed by atoms with van der Waals surface area (Å²) in [4.78, 5) is 3.84. The number of benzene rings is 1. The van der Waals surface area contributed by atoms with Gasteiger partial charge < -0.3 is 4.99 Å². The molecule has 0 saturated heterocycles. The van der Waals surface area contributed by atoms with Crippen LogP contribution < -0.4 is 0 Å². The molecule has 0 aliphatic heterocycles. The van der Waals surface area contributed by atoms with Crippen molar-refractivity contribution in [2.24, 2.45) is 4.99 Å². The number of nitrogens with zero attached hydrogens (tertiary/aromatic N) is 1. The van der Waals surface area contributed by atoms with Gasteiger partial charge in [0, 0.05) is 22.5 Å². The van der Waals surface area contributed by atoms with Crippen molar-refractivity contribution in [2.75, 3.05) is 6.54 Å². The fourth-order valence-corrected chi connectivity index (χ4v) is 1.70. The van der Waals surface area contributed by atoms with E-state index >= 15 is 0 Å². The molecule has 1 nitrogen and oxygen atoms in total. The van der Waals surface area contributed by atoms with Gasteiger partial charge in [0.05, 0.1) is 0 Å². The highest BCUT2D eigenvalue weighted by Crippen LogP contribution is 2.24. The summed E-state index contributed by atoms with van der Waals surface area (Å²) in [5.74, 6) is 0.314. The van der Waals surface area contributed by atoms with Gasteiger partial charge in [-0.05, 0) is 30.5 Å². The second kappa shape index (κ2) is 4.64. The lowest BCUT2D eigenvalue weighted by atomic mass is 10.0. The number of hydrogen-bond acceptors (Lipinski definition) is 1. The Morgan fingerprint density at radius 1 is 1.31 bits per heavy atom. The average molecular weight is 216 g/mol. The van der Waals surface area contributed by atoms with Crippen molar-refractivity contribution >= 4 is 29.9 Å². The van der Waals surface area contributed by atoms with Crippen LogP contribution >= 0.6 is 23.2 Å². The normalized spacial score (nSPS) is 12.5. The molecule has 1 atom stereocenters. The molecule has 0 radical (unpaired) electrons. The number of aliphatic imine (C=N–C) groups is 1. The van der Waals surface area contributed by atoms with Crippen molar-refractivity contribution in [3.8, 4) is 0 Å². The number of halogens is 2. The molecule has 1 aromatic carbocycles. The summed E-state index contributed by atoms with van der Waals surface area (Å²) in [5.41, 5.74) is 1.10. The first-order valence-corrected chi connectivity index (χ1v) is 4.77. The Morgan fingerprint density at radius 3 is 2.31 bits per heavy atom. The summed E-state index contributed by atoms with van der Waals surface area (Å²) in [7, 11) is 0. The van der Waals surface area contributed by atoms with Gasteiger partial charge in [-0.3, -0.25) is 0 Å². The molecule has 0 bridgehead atoms. The highest BCUT2D eigenvalue weighted by molar-refractivity contribution is 6.34. The van der Waals surface area contributed by atoms with Crippen LogP contribution in [0.3, 0.4) is 0 Å². The van der Waals surface area contributed by atoms with E-state index in [9.17, 15) is 0 Å². The zero-order chi connectivity index (χ0) is 9.84. The Labute approximate surface area is 88.4 Å². The smallest absolute Gasteiger partial charge is 0.0448 e. The largest absolute Gasteiger partial charge is 0.300 e. The fourth-order valence-electron chi connectivity index (χ4n) is 1.16. The summed E-state index contributed by atoms with van der Waals surface area (Å²) in [6.07, 6.45) is 0. The quantitative estimate of drug-likeness (QED) is 0.681. The summed E-state index contributed by atoms with van der Waals surface area (Å²) in [6.45, 7) is 6.21. The van der Waals surface area contributed by atoms with Crippen molar-refractivity contribution in [1.82, 2.24) is 0 Å². The summed E-state index contributed by atoms with van der Waals surface area (Å²) >= 11 is 11.7. The molecular weight excluding hydrogens is 205 g/mol. The Bertz CT molecular complexity index is 290. The molecule has 0 fully saturated rings. The van der Waals surface area contributed by atoms with Crippen molar-refractivity contribution in [1.29, 1.82) is 0 Å². The first kappa shape index (κ1) is 10.6. The van der Waals surface area contributed by atoms with Crippen molar-refractivity contribution in [3.63, 3.8) is 0 Å². The van der Waals surface area contributed by atoms with E-state index in [1.165, 1.54) is 0 Å². The van der Waals surface area contributed by atoms with Gasteiger partial charge in [-0.1, -0.05) is 30.1 Å². The molecular formula is C10H11Cl2N. The van der Waals surface area contributed by atoms with Crippen LogP contribution in [0.4, 0.5) is 0 Å². The van der Waals surface area contributed by atoms with Gasteiger partial charge in [-0.15, -0.1) is 0 Å². The molecule has 1 aromatic rings. The molecule has 13 heavy (non-hydrogen) atoms. The summed E-state index contributed by atoms with van der Waals surface area (Å²) < 4.78 is 0. The highest BCUT2D eigenvalue weighted by atomic mass is 35.5. The second-order valence-electron chi connectivity index (χ2n) is 3.01. The number of hydrogen-bond donors (Lipinski definition) is 0. The minimum Gasteiger partial charge on any atom is -0.300 e. The van der Waals surface area contributed by atoms with Crippen LogP contribution in [-0.4, -0.2) is 13.3 Å². The molecule has 0 saturated carbocycles. The van der Waals surface area contributed by atoms with Crippen LogP contribution in [0.15, 0.2) is 23.2 Å². The molecule has 70 valence electrons. The van der Waals surface area contributed by atoms with E-state index in [4.69, 9.17) is 23.2 Å². The molecule has 3 heteroatoms. The zero-order valence-electron chi connectivity index (χ0n) is 7.43. The predicted octanol–water partition coefficient (Wildman–Crippen LogP) is 3.80. The van der Waals surface area contributed by atoms with Gasteiger partial charge in [0.1, 0.15) is 0 Å². The first-order chi connectivity index (χ1) is 6.13. The van der Waals surface area contributed by atoms with E-state index in [2.05, 4.69) is 18.6 Å². The lowest BCUT2D eigenvalue weighted by Gasteiger charge is -2.09. The summed E-state index contributed by atoms with van der Waals surface area (Å²) in [6, 6.07) is 5.53. The molecule has 0 amide bonds. The molecule has 1 rings (SSSR count). The van der Waals surface area contributed by atoms with Crippen LogP contribution in [0.2, 0.25) is 10.0 Å².